The van der Waals surface area contributed by atoms with E-state index in [4.69, 9.17) is 5.73 Å². The third kappa shape index (κ3) is 3.44. The number of thioether (sulfide) groups is 2. The van der Waals surface area contributed by atoms with E-state index < -0.39 is 0 Å². The van der Waals surface area contributed by atoms with Crippen molar-refractivity contribution >= 4 is 34.9 Å². The first-order valence-corrected chi connectivity index (χ1v) is 8.33. The summed E-state index contributed by atoms with van der Waals surface area (Å²) in [5.41, 5.74) is 7.03. The molecule has 0 saturated heterocycles. The Morgan fingerprint density at radius 3 is 2.61 bits per heavy atom. The van der Waals surface area contributed by atoms with Gasteiger partial charge in [0.05, 0.1) is 10.9 Å². The zero-order valence-electron chi connectivity index (χ0n) is 10.1. The number of hydrogen-bond acceptors (Lipinski definition) is 7. The van der Waals surface area contributed by atoms with Gasteiger partial charge in [-0.25, -0.2) is 0 Å². The molecule has 0 aliphatic carbocycles. The molecule has 2 N–H and O–H groups in total. The van der Waals surface area contributed by atoms with E-state index in [1.807, 2.05) is 31.4 Å². The number of nitrogens with two attached hydrogens (primary N) is 1. The summed E-state index contributed by atoms with van der Waals surface area (Å²) in [6, 6.07) is 5.89. The topological polar surface area (TPSA) is 64.7 Å². The van der Waals surface area contributed by atoms with Gasteiger partial charge in [0.1, 0.15) is 0 Å². The lowest BCUT2D eigenvalue weighted by molar-refractivity contribution is 0.704. The fraction of sp³-hybridized carbons (Fsp3) is 0.364. The number of hydrogen-bond donors (Lipinski definition) is 1. The summed E-state index contributed by atoms with van der Waals surface area (Å²) in [6.07, 6.45) is 3.79. The standard InChI is InChI=1S/C11H14N4S3/c1-7(12)9(8-5-3-4-6-13-8)17-11-15-14-10(16-2)18-11/h3-7,9H,12H2,1-2H3. The number of nitrogens with zero attached hydrogens (tertiary/aromatic N) is 3. The quantitative estimate of drug-likeness (QED) is 0.856. The second-order valence-electron chi connectivity index (χ2n) is 3.69. The second-order valence-corrected chi connectivity index (χ2v) is 7.11. The molecule has 2 atom stereocenters. The van der Waals surface area contributed by atoms with Crippen molar-refractivity contribution in [2.24, 2.45) is 5.73 Å². The largest absolute Gasteiger partial charge is 0.327 e. The fourth-order valence-corrected chi connectivity index (χ4v) is 4.10. The highest BCUT2D eigenvalue weighted by atomic mass is 32.2. The van der Waals surface area contributed by atoms with Crippen LogP contribution in [0.2, 0.25) is 0 Å². The summed E-state index contributed by atoms with van der Waals surface area (Å²) in [7, 11) is 0. The molecule has 2 rings (SSSR count). The molecule has 0 radical (unpaired) electrons. The zero-order valence-corrected chi connectivity index (χ0v) is 12.6. The van der Waals surface area contributed by atoms with E-state index in [-0.39, 0.29) is 11.3 Å². The van der Waals surface area contributed by atoms with Gasteiger partial charge in [-0.15, -0.1) is 10.2 Å². The van der Waals surface area contributed by atoms with Gasteiger partial charge >= 0.3 is 0 Å². The zero-order chi connectivity index (χ0) is 13.0. The van der Waals surface area contributed by atoms with Crippen LogP contribution in [0.15, 0.2) is 33.1 Å². The summed E-state index contributed by atoms with van der Waals surface area (Å²) in [4.78, 5) is 4.37. The normalized spacial score (nSPS) is 14.4. The van der Waals surface area contributed by atoms with Gasteiger partial charge < -0.3 is 5.73 Å². The van der Waals surface area contributed by atoms with E-state index in [9.17, 15) is 0 Å². The van der Waals surface area contributed by atoms with E-state index in [2.05, 4.69) is 15.2 Å². The van der Waals surface area contributed by atoms with Crippen LogP contribution in [0, 0.1) is 0 Å². The monoisotopic (exact) mass is 298 g/mol. The second kappa shape index (κ2) is 6.51. The minimum atomic E-state index is 0.00605. The summed E-state index contributed by atoms with van der Waals surface area (Å²) < 4.78 is 1.91. The van der Waals surface area contributed by atoms with Crippen LogP contribution in [0.5, 0.6) is 0 Å². The average molecular weight is 298 g/mol. The smallest absolute Gasteiger partial charge is 0.175 e. The molecule has 18 heavy (non-hydrogen) atoms. The van der Waals surface area contributed by atoms with Gasteiger partial charge in [0.2, 0.25) is 0 Å². The molecule has 0 fully saturated rings. The van der Waals surface area contributed by atoms with Crippen molar-refractivity contribution in [1.82, 2.24) is 15.2 Å². The summed E-state index contributed by atoms with van der Waals surface area (Å²) in [6.45, 7) is 1.99. The molecule has 0 amide bonds. The molecule has 96 valence electrons. The Hall–Kier alpha value is -0.630. The van der Waals surface area contributed by atoms with Crippen molar-refractivity contribution in [2.75, 3.05) is 6.26 Å². The highest BCUT2D eigenvalue weighted by Crippen LogP contribution is 2.38. The van der Waals surface area contributed by atoms with Crippen LogP contribution in [0.25, 0.3) is 0 Å². The lowest BCUT2D eigenvalue weighted by Crippen LogP contribution is -2.23. The van der Waals surface area contributed by atoms with Crippen LogP contribution in [-0.4, -0.2) is 27.5 Å². The van der Waals surface area contributed by atoms with Crippen LogP contribution < -0.4 is 5.73 Å². The highest BCUT2D eigenvalue weighted by Gasteiger charge is 2.21. The maximum atomic E-state index is 6.05. The molecule has 2 heterocycles. The van der Waals surface area contributed by atoms with E-state index in [0.717, 1.165) is 14.4 Å². The minimum absolute atomic E-state index is 0.00605. The molecule has 0 saturated carbocycles. The first-order valence-electron chi connectivity index (χ1n) is 5.41. The predicted molar refractivity (Wildman–Crippen MR) is 78.2 cm³/mol. The summed E-state index contributed by atoms with van der Waals surface area (Å²) in [5.74, 6) is 0. The van der Waals surface area contributed by atoms with Gasteiger partial charge in [-0.05, 0) is 25.3 Å². The Labute approximate surface area is 119 Å². The van der Waals surface area contributed by atoms with Crippen molar-refractivity contribution in [1.29, 1.82) is 0 Å². The van der Waals surface area contributed by atoms with Gasteiger partial charge in [0.25, 0.3) is 0 Å². The Bertz CT molecular complexity index is 486. The Morgan fingerprint density at radius 1 is 1.28 bits per heavy atom. The fourth-order valence-electron chi connectivity index (χ4n) is 1.42. The molecule has 0 aliphatic heterocycles. The van der Waals surface area contributed by atoms with Crippen molar-refractivity contribution in [3.05, 3.63) is 30.1 Å². The first kappa shape index (κ1) is 13.8. The lowest BCUT2D eigenvalue weighted by Gasteiger charge is -2.17. The van der Waals surface area contributed by atoms with Crippen LogP contribution >= 0.6 is 34.9 Å². The Balaban J connectivity index is 2.17. The molecule has 2 aromatic rings. The SMILES string of the molecule is CSc1nnc(SC(c2ccccn2)C(C)N)s1. The van der Waals surface area contributed by atoms with Crippen LogP contribution in [0.1, 0.15) is 17.9 Å². The van der Waals surface area contributed by atoms with Gasteiger partial charge in [-0.2, -0.15) is 0 Å². The van der Waals surface area contributed by atoms with Crippen LogP contribution in [-0.2, 0) is 0 Å². The number of pyridine rings is 1. The molecule has 2 unspecified atom stereocenters. The summed E-state index contributed by atoms with van der Waals surface area (Å²) in [5, 5.41) is 8.36. The van der Waals surface area contributed by atoms with E-state index in [0.29, 0.717) is 0 Å². The Morgan fingerprint density at radius 2 is 2.06 bits per heavy atom. The summed E-state index contributed by atoms with van der Waals surface area (Å²) >= 11 is 4.83. The van der Waals surface area contributed by atoms with Crippen LogP contribution in [0.3, 0.4) is 0 Å². The molecule has 0 spiro atoms. The minimum Gasteiger partial charge on any atom is -0.327 e. The maximum absolute atomic E-state index is 6.05. The van der Waals surface area contributed by atoms with Gasteiger partial charge in [0.15, 0.2) is 8.68 Å². The Kier molecular flexibility index (Phi) is 4.99. The molecule has 0 aromatic carbocycles. The van der Waals surface area contributed by atoms with E-state index in [1.54, 1.807) is 41.1 Å². The van der Waals surface area contributed by atoms with Gasteiger partial charge in [0, 0.05) is 12.2 Å². The predicted octanol–water partition coefficient (Wildman–Crippen LogP) is 2.84. The first-order chi connectivity index (χ1) is 8.70. The number of aromatic nitrogens is 3. The highest BCUT2D eigenvalue weighted by molar-refractivity contribution is 8.03. The third-order valence-electron chi connectivity index (χ3n) is 2.25. The van der Waals surface area contributed by atoms with Crippen molar-refractivity contribution < 1.29 is 0 Å². The maximum Gasteiger partial charge on any atom is 0.175 e. The average Bonchev–Trinajstić information content (AvgIpc) is 2.84. The molecule has 7 heteroatoms. The van der Waals surface area contributed by atoms with Gasteiger partial charge in [-0.1, -0.05) is 40.9 Å². The van der Waals surface area contributed by atoms with Crippen LogP contribution in [0.4, 0.5) is 0 Å². The van der Waals surface area contributed by atoms with Crippen molar-refractivity contribution in [3.8, 4) is 0 Å². The molecule has 4 nitrogen and oxygen atoms in total. The molecule has 2 aromatic heterocycles. The number of rotatable bonds is 5. The van der Waals surface area contributed by atoms with Crippen molar-refractivity contribution in [2.45, 2.75) is 26.9 Å². The molecule has 0 bridgehead atoms. The third-order valence-corrected chi connectivity index (χ3v) is 5.69. The van der Waals surface area contributed by atoms with E-state index >= 15 is 0 Å². The lowest BCUT2D eigenvalue weighted by atomic mass is 10.2. The molecular weight excluding hydrogens is 284 g/mol. The van der Waals surface area contributed by atoms with Gasteiger partial charge in [-0.3, -0.25) is 4.98 Å². The van der Waals surface area contributed by atoms with E-state index in [1.165, 1.54) is 0 Å². The molecule has 0 aliphatic rings. The molecular formula is C11H14N4S3. The van der Waals surface area contributed by atoms with Crippen molar-refractivity contribution in [3.63, 3.8) is 0 Å².